The minimum atomic E-state index is -0.820. The number of rotatable bonds is 15. The highest BCUT2D eigenvalue weighted by molar-refractivity contribution is 5.98. The third-order valence-electron chi connectivity index (χ3n) is 26.1. The number of piperazine rings is 3. The average Bonchev–Trinajstić information content (AvgIpc) is 1.69. The molecule has 18 rings (SSSR count). The molecule has 0 spiro atoms. The van der Waals surface area contributed by atoms with Crippen LogP contribution in [-0.2, 0) is 35.5 Å². The molecule has 12 heterocycles. The second-order valence-electron chi connectivity index (χ2n) is 36.5. The Morgan fingerprint density at radius 1 is 0.387 bits per heavy atom. The van der Waals surface area contributed by atoms with Gasteiger partial charge < -0.3 is 60.3 Å². The normalized spacial score (nSPS) is 16.5. The summed E-state index contributed by atoms with van der Waals surface area (Å²) in [6, 6.07) is 20.5. The smallest absolute Gasteiger partial charge is 0.355 e. The van der Waals surface area contributed by atoms with E-state index < -0.39 is 52.0 Å². The minimum Gasteiger partial charge on any atom is -0.398 e. The molecule has 6 N–H and O–H groups in total. The first-order valence-electron chi connectivity index (χ1n) is 45.0. The highest BCUT2D eigenvalue weighted by Crippen LogP contribution is 2.45. The van der Waals surface area contributed by atoms with Gasteiger partial charge in [-0.05, 0) is 181 Å². The lowest BCUT2D eigenvalue weighted by molar-refractivity contribution is -0.129. The number of imidazole rings is 3. The number of fused-ring (bicyclic) bond motifs is 6. The number of hydrogen-bond acceptors (Lipinski definition) is 21. The number of aromatic nitrogens is 15. The number of aryl methyl sites for hydroxylation is 6. The van der Waals surface area contributed by atoms with E-state index in [9.17, 15) is 28.8 Å². The van der Waals surface area contributed by atoms with Gasteiger partial charge in [-0.15, -0.1) is 0 Å². The number of halogens is 6. The molecule has 36 heteroatoms. The van der Waals surface area contributed by atoms with Gasteiger partial charge in [0.2, 0.25) is 17.7 Å². The molecule has 3 fully saturated rings. The molecular formula is C101H106F6N24O6. The molecule has 15 aromatic rings. The van der Waals surface area contributed by atoms with Gasteiger partial charge in [0.05, 0.1) is 102 Å². The lowest BCUT2D eigenvalue weighted by Crippen LogP contribution is -2.58. The van der Waals surface area contributed by atoms with E-state index in [1.165, 1.54) is 105 Å². The molecule has 0 saturated carbocycles. The highest BCUT2D eigenvalue weighted by Gasteiger charge is 2.40. The first kappa shape index (κ1) is 94.8. The van der Waals surface area contributed by atoms with E-state index in [0.717, 1.165) is 55.4 Å². The van der Waals surface area contributed by atoms with Gasteiger partial charge in [0, 0.05) is 131 Å². The summed E-state index contributed by atoms with van der Waals surface area (Å²) in [7, 11) is 5.70. The van der Waals surface area contributed by atoms with Crippen molar-refractivity contribution in [1.82, 2.24) is 87.0 Å². The van der Waals surface area contributed by atoms with Gasteiger partial charge in [-0.1, -0.05) is 79.5 Å². The average molecular weight is 1870 g/mol. The van der Waals surface area contributed by atoms with Crippen molar-refractivity contribution in [3.63, 3.8) is 0 Å². The molecule has 30 nitrogen and oxygen atoms in total. The molecule has 137 heavy (non-hydrogen) atoms. The first-order chi connectivity index (χ1) is 65.1. The molecule has 3 saturated heterocycles. The van der Waals surface area contributed by atoms with Gasteiger partial charge in [0.15, 0.2) is 34.4 Å². The number of carbonyl (C=O) groups is 3. The van der Waals surface area contributed by atoms with Crippen LogP contribution < -0.4 is 49.0 Å². The maximum absolute atomic E-state index is 16.1. The Morgan fingerprint density at radius 3 is 0.956 bits per heavy atom. The molecule has 3 aliphatic heterocycles. The number of nitrogens with zero attached hydrogens (tertiary/aromatic N) is 21. The van der Waals surface area contributed by atoms with Crippen molar-refractivity contribution >= 4 is 118 Å². The summed E-state index contributed by atoms with van der Waals surface area (Å²) in [5, 5.41) is 0.776. The second-order valence-corrected chi connectivity index (χ2v) is 36.5. The van der Waals surface area contributed by atoms with Crippen molar-refractivity contribution < 1.29 is 40.7 Å². The van der Waals surface area contributed by atoms with Gasteiger partial charge in [-0.2, -0.15) is 15.0 Å². The van der Waals surface area contributed by atoms with Crippen molar-refractivity contribution in [2.45, 2.75) is 145 Å². The summed E-state index contributed by atoms with van der Waals surface area (Å²) in [5.41, 5.74) is 26.3. The monoisotopic (exact) mass is 1860 g/mol. The summed E-state index contributed by atoms with van der Waals surface area (Å²) in [5.74, 6) is -4.83. The largest absolute Gasteiger partial charge is 0.398 e. The van der Waals surface area contributed by atoms with Crippen LogP contribution in [0.3, 0.4) is 0 Å². The number of pyridine rings is 3. The Bertz CT molecular complexity index is 7380. The standard InChI is InChI=1S/2C34H36F2N8O2.C33H34F2N8O2/c2*1-8-26(45)42-14-20(6)43(15-19(42)5)32-21-13-23(36)29(28-22(35)10-9-11-24(28)37)39-33(21)44(34(46)40-32)31-18(4)12-25-30(27(31)17(2)3)38-16-41(25)7;1-7-25(44)41-11-12-42(19(5)15-41)31-20-14-22(35)28(27-21(34)9-8-10-23(27)36)38-32(20)43(33(45)39-31)30-18(4)13-24-29(26(30)17(2)3)37-16-40(24)6/h2*8-13,16-17,19-20H,1,14-15,37H2,2-7H3;7-10,13-14,16-17,19H,1,11-12,15,36H2,2-6H3/t2*19-,20+;19-/m110/s1. The van der Waals surface area contributed by atoms with E-state index in [1.807, 2.05) is 165 Å². The Morgan fingerprint density at radius 2 is 0.679 bits per heavy atom. The Hall–Kier alpha value is -15.4. The molecule has 5 atom stereocenters. The number of amides is 3. The first-order valence-corrected chi connectivity index (χ1v) is 45.0. The van der Waals surface area contributed by atoms with E-state index in [1.54, 1.807) is 33.7 Å². The number of hydrogen-bond donors (Lipinski definition) is 3. The number of benzene rings is 6. The van der Waals surface area contributed by atoms with E-state index in [2.05, 4.69) is 64.6 Å². The van der Waals surface area contributed by atoms with Crippen LogP contribution >= 0.6 is 0 Å². The molecule has 9 aromatic heterocycles. The second kappa shape index (κ2) is 36.8. The maximum atomic E-state index is 16.1. The molecule has 0 bridgehead atoms. The molecular weight excluding hydrogens is 1760 g/mol. The van der Waals surface area contributed by atoms with Crippen molar-refractivity contribution in [3.05, 3.63) is 248 Å². The maximum Gasteiger partial charge on any atom is 0.355 e. The lowest BCUT2D eigenvalue weighted by atomic mass is 9.95. The quantitative estimate of drug-likeness (QED) is 0.0487. The zero-order valence-electron chi connectivity index (χ0n) is 79.2. The molecule has 0 aliphatic carbocycles. The van der Waals surface area contributed by atoms with Gasteiger partial charge in [-0.3, -0.25) is 14.4 Å². The fourth-order valence-electron chi connectivity index (χ4n) is 19.5. The molecule has 3 amide bonds. The zero-order valence-corrected chi connectivity index (χ0v) is 79.2. The molecule has 708 valence electrons. The Kier molecular flexibility index (Phi) is 25.4. The summed E-state index contributed by atoms with van der Waals surface area (Å²) in [6.07, 6.45) is 8.96. The summed E-state index contributed by atoms with van der Waals surface area (Å²) in [4.78, 5) is 133. The molecule has 6 aromatic carbocycles. The summed E-state index contributed by atoms with van der Waals surface area (Å²) < 4.78 is 104. The van der Waals surface area contributed by atoms with Crippen LogP contribution in [0.25, 0.3) is 117 Å². The zero-order chi connectivity index (χ0) is 98.7. The topological polar surface area (TPSA) is 346 Å². The van der Waals surface area contributed by atoms with Crippen molar-refractivity contribution in [1.29, 1.82) is 0 Å². The van der Waals surface area contributed by atoms with E-state index >= 15 is 26.3 Å². The minimum absolute atomic E-state index is 0.00772. The van der Waals surface area contributed by atoms with Crippen molar-refractivity contribution in [3.8, 4) is 50.8 Å². The molecule has 0 unspecified atom stereocenters. The summed E-state index contributed by atoms with van der Waals surface area (Å²) >= 11 is 0. The predicted molar refractivity (Wildman–Crippen MR) is 524 cm³/mol. The van der Waals surface area contributed by atoms with Gasteiger partial charge >= 0.3 is 17.1 Å². The third kappa shape index (κ3) is 16.5. The van der Waals surface area contributed by atoms with Crippen LogP contribution in [0, 0.1) is 55.7 Å². The fourth-order valence-corrected chi connectivity index (χ4v) is 19.5. The SMILES string of the molecule is C=CC(=O)N1CCN(c2nc(=O)n(-c3c(C)cc4c(ncn4C)c3C(C)C)c3nc(-c4c(N)cccc4F)c(F)cc23)[C@@H](C)C1.C=CC(=O)N1C[C@H](C)N(c2nc(=O)n(-c3c(C)cc4c(ncn4C)c3C(C)C)c3nc(-c4c(N)cccc4F)c(F)cc23)C[C@H]1C.C=CC(=O)N1C[C@H](C)N(c2nc(=O)n(-c3c(C)cc4c(ncn4C)c3C(C)C)c3nc(-c4c(N)cccc4F)c(F)cc23)C[C@H]1C. The number of nitrogen functional groups attached to an aromatic ring is 3. The van der Waals surface area contributed by atoms with Crippen LogP contribution in [0.2, 0.25) is 0 Å². The van der Waals surface area contributed by atoms with Gasteiger partial charge in [0.1, 0.15) is 52.0 Å². The van der Waals surface area contributed by atoms with Crippen LogP contribution in [0.15, 0.2) is 162 Å². The van der Waals surface area contributed by atoms with E-state index in [0.29, 0.717) is 73.9 Å². The Balaban J connectivity index is 0.000000149. The lowest BCUT2D eigenvalue weighted by Gasteiger charge is -2.44. The number of carbonyl (C=O) groups excluding carboxylic acids is 3. The third-order valence-corrected chi connectivity index (χ3v) is 26.1. The van der Waals surface area contributed by atoms with Gasteiger partial charge in [0.25, 0.3) is 0 Å². The van der Waals surface area contributed by atoms with E-state index in [4.69, 9.17) is 17.2 Å². The van der Waals surface area contributed by atoms with Crippen molar-refractivity contribution in [2.24, 2.45) is 21.1 Å². The van der Waals surface area contributed by atoms with Crippen LogP contribution in [0.5, 0.6) is 0 Å². The van der Waals surface area contributed by atoms with Gasteiger partial charge in [-0.25, -0.2) is 84.3 Å². The predicted octanol–water partition coefficient (Wildman–Crippen LogP) is 15.3. The molecule has 3 aliphatic rings. The molecule has 0 radical (unpaired) electrons. The van der Waals surface area contributed by atoms with Crippen LogP contribution in [-0.4, -0.2) is 181 Å². The number of nitrogens with two attached hydrogens (primary N) is 3. The van der Waals surface area contributed by atoms with Crippen molar-refractivity contribution in [2.75, 3.05) is 77.7 Å². The van der Waals surface area contributed by atoms with Crippen LogP contribution in [0.1, 0.15) is 127 Å². The number of anilines is 6. The van der Waals surface area contributed by atoms with E-state index in [-0.39, 0.29) is 167 Å². The fraction of sp³-hybridized carbons (Fsp3) is 0.317. The summed E-state index contributed by atoms with van der Waals surface area (Å²) in [6.45, 7) is 40.4. The Labute approximate surface area is 784 Å². The van der Waals surface area contributed by atoms with Crippen LogP contribution in [0.4, 0.5) is 60.9 Å². The highest BCUT2D eigenvalue weighted by atomic mass is 19.1.